The number of amides is 1. The molecule has 0 spiro atoms. The zero-order valence-electron chi connectivity index (χ0n) is 13.3. The molecule has 1 saturated heterocycles. The van der Waals surface area contributed by atoms with Gasteiger partial charge in [0, 0.05) is 24.3 Å². The lowest BCUT2D eigenvalue weighted by molar-refractivity contribution is -0.000687. The molecule has 0 unspecified atom stereocenters. The van der Waals surface area contributed by atoms with Crippen LogP contribution in [0.3, 0.4) is 0 Å². The fraction of sp³-hybridized carbons (Fsp3) is 0.667. The van der Waals surface area contributed by atoms with Crippen LogP contribution in [0.1, 0.15) is 43.8 Å². The molecule has 2 heterocycles. The molecule has 21 heavy (non-hydrogen) atoms. The van der Waals surface area contributed by atoms with Gasteiger partial charge >= 0.3 is 6.09 Å². The van der Waals surface area contributed by atoms with Crippen molar-refractivity contribution in [1.82, 2.24) is 14.7 Å². The van der Waals surface area contributed by atoms with E-state index in [0.29, 0.717) is 19.5 Å². The number of hydrogen-bond acceptors (Lipinski definition) is 4. The van der Waals surface area contributed by atoms with Gasteiger partial charge in [0.15, 0.2) is 0 Å². The summed E-state index contributed by atoms with van der Waals surface area (Å²) >= 11 is 0. The van der Waals surface area contributed by atoms with Crippen LogP contribution in [0.15, 0.2) is 0 Å². The topological polar surface area (TPSA) is 71.2 Å². The number of nitriles is 1. The van der Waals surface area contributed by atoms with Crippen LogP contribution in [0.25, 0.3) is 0 Å². The summed E-state index contributed by atoms with van der Waals surface area (Å²) in [5.74, 6) is 0. The van der Waals surface area contributed by atoms with Gasteiger partial charge < -0.3 is 9.64 Å². The maximum absolute atomic E-state index is 11.9. The monoisotopic (exact) mass is 290 g/mol. The second-order valence-electron chi connectivity index (χ2n) is 6.47. The number of nitrogens with zero attached hydrogens (tertiary/aromatic N) is 4. The van der Waals surface area contributed by atoms with Crippen LogP contribution in [-0.4, -0.2) is 39.5 Å². The van der Waals surface area contributed by atoms with E-state index in [9.17, 15) is 4.79 Å². The Morgan fingerprint density at radius 1 is 1.43 bits per heavy atom. The first-order valence-electron chi connectivity index (χ1n) is 7.12. The molecule has 1 aliphatic rings. The molecule has 1 aromatic rings. The van der Waals surface area contributed by atoms with E-state index in [-0.39, 0.29) is 12.1 Å². The number of hydrogen-bond donors (Lipinski definition) is 0. The van der Waals surface area contributed by atoms with E-state index in [2.05, 4.69) is 11.2 Å². The van der Waals surface area contributed by atoms with E-state index in [0.717, 1.165) is 17.0 Å². The van der Waals surface area contributed by atoms with Gasteiger partial charge in [0.05, 0.1) is 24.2 Å². The fourth-order valence-corrected chi connectivity index (χ4v) is 2.47. The van der Waals surface area contributed by atoms with Gasteiger partial charge in [0.25, 0.3) is 0 Å². The molecule has 0 saturated carbocycles. The minimum Gasteiger partial charge on any atom is -0.444 e. The molecule has 1 aromatic heterocycles. The number of carbonyl (C=O) groups excluding carboxylic acids is 1. The molecular weight excluding hydrogens is 268 g/mol. The van der Waals surface area contributed by atoms with Gasteiger partial charge in [-0.25, -0.2) is 4.79 Å². The van der Waals surface area contributed by atoms with Gasteiger partial charge in [-0.15, -0.1) is 0 Å². The van der Waals surface area contributed by atoms with Gasteiger partial charge in [0.2, 0.25) is 0 Å². The lowest BCUT2D eigenvalue weighted by Crippen LogP contribution is -2.52. The van der Waals surface area contributed by atoms with Crippen molar-refractivity contribution >= 4 is 6.09 Å². The summed E-state index contributed by atoms with van der Waals surface area (Å²) in [5, 5.41) is 13.4. The van der Waals surface area contributed by atoms with Crippen LogP contribution in [0.5, 0.6) is 0 Å². The molecule has 0 bridgehead atoms. The first-order chi connectivity index (χ1) is 9.73. The van der Waals surface area contributed by atoms with Crippen molar-refractivity contribution in [2.24, 2.45) is 0 Å². The number of aryl methyl sites for hydroxylation is 1. The van der Waals surface area contributed by atoms with Crippen molar-refractivity contribution in [2.75, 3.05) is 13.1 Å². The van der Waals surface area contributed by atoms with E-state index in [1.165, 1.54) is 0 Å². The van der Waals surface area contributed by atoms with Crippen LogP contribution in [0, 0.1) is 25.2 Å². The van der Waals surface area contributed by atoms with Gasteiger partial charge in [-0.1, -0.05) is 0 Å². The molecule has 1 fully saturated rings. The highest BCUT2D eigenvalue weighted by Gasteiger charge is 2.36. The Bertz CT molecular complexity index is 586. The van der Waals surface area contributed by atoms with Gasteiger partial charge in [0.1, 0.15) is 5.60 Å². The SMILES string of the molecule is Cc1nn(C2CN(C(=O)OC(C)(C)C)C2)c(C)c1CC#N. The molecule has 0 aliphatic carbocycles. The third-order valence-electron chi connectivity index (χ3n) is 3.59. The van der Waals surface area contributed by atoms with Crippen LogP contribution in [0.4, 0.5) is 4.79 Å². The Balaban J connectivity index is 2.01. The predicted octanol–water partition coefficient (Wildman–Crippen LogP) is 2.36. The average Bonchev–Trinajstić information content (AvgIpc) is 2.53. The third-order valence-corrected chi connectivity index (χ3v) is 3.59. The minimum atomic E-state index is -0.472. The highest BCUT2D eigenvalue weighted by Crippen LogP contribution is 2.26. The Hall–Kier alpha value is -2.03. The number of likely N-dealkylation sites (tertiary alicyclic amines) is 1. The number of carbonyl (C=O) groups is 1. The first kappa shape index (κ1) is 15.4. The number of aromatic nitrogens is 2. The smallest absolute Gasteiger partial charge is 0.410 e. The molecule has 114 valence electrons. The second kappa shape index (κ2) is 5.40. The van der Waals surface area contributed by atoms with Crippen LogP contribution in [0.2, 0.25) is 0 Å². The summed E-state index contributed by atoms with van der Waals surface area (Å²) in [4.78, 5) is 13.6. The van der Waals surface area contributed by atoms with E-state index in [1.54, 1.807) is 4.90 Å². The van der Waals surface area contributed by atoms with Crippen molar-refractivity contribution in [2.45, 2.75) is 52.7 Å². The molecule has 1 aliphatic heterocycles. The summed E-state index contributed by atoms with van der Waals surface area (Å²) < 4.78 is 7.27. The van der Waals surface area contributed by atoms with Crippen molar-refractivity contribution in [3.8, 4) is 6.07 Å². The van der Waals surface area contributed by atoms with Crippen LogP contribution in [-0.2, 0) is 11.2 Å². The summed E-state index contributed by atoms with van der Waals surface area (Å²) in [6, 6.07) is 2.34. The molecule has 6 nitrogen and oxygen atoms in total. The van der Waals surface area contributed by atoms with Gasteiger partial charge in [-0.05, 0) is 34.6 Å². The maximum Gasteiger partial charge on any atom is 0.410 e. The Labute approximate surface area is 125 Å². The lowest BCUT2D eigenvalue weighted by Gasteiger charge is -2.40. The molecule has 0 N–H and O–H groups in total. The van der Waals surface area contributed by atoms with Gasteiger partial charge in [-0.2, -0.15) is 10.4 Å². The molecule has 0 aromatic carbocycles. The summed E-state index contributed by atoms with van der Waals surface area (Å²) in [7, 11) is 0. The Morgan fingerprint density at radius 2 is 2.05 bits per heavy atom. The first-order valence-corrected chi connectivity index (χ1v) is 7.12. The van der Waals surface area contributed by atoms with Crippen molar-refractivity contribution in [3.63, 3.8) is 0 Å². The van der Waals surface area contributed by atoms with Crippen LogP contribution < -0.4 is 0 Å². The lowest BCUT2D eigenvalue weighted by atomic mass is 10.1. The zero-order valence-corrected chi connectivity index (χ0v) is 13.3. The van der Waals surface area contributed by atoms with E-state index >= 15 is 0 Å². The normalized spacial score (nSPS) is 15.5. The molecule has 6 heteroatoms. The largest absolute Gasteiger partial charge is 0.444 e. The molecule has 0 radical (unpaired) electrons. The van der Waals surface area contributed by atoms with Crippen molar-refractivity contribution in [3.05, 3.63) is 17.0 Å². The quantitative estimate of drug-likeness (QED) is 0.838. The standard InChI is InChI=1S/C15H22N4O2/c1-10-13(6-7-16)11(2)19(17-10)12-8-18(9-12)14(20)21-15(3,4)5/h12H,6,8-9H2,1-5H3. The minimum absolute atomic E-state index is 0.170. The molecule has 2 rings (SSSR count). The average molecular weight is 290 g/mol. The Morgan fingerprint density at radius 3 is 2.57 bits per heavy atom. The summed E-state index contributed by atoms with van der Waals surface area (Å²) in [6.07, 6.45) is 0.0951. The molecular formula is C15H22N4O2. The fourth-order valence-electron chi connectivity index (χ4n) is 2.47. The maximum atomic E-state index is 11.9. The zero-order chi connectivity index (χ0) is 15.8. The summed E-state index contributed by atoms with van der Waals surface area (Å²) in [6.45, 7) is 10.7. The molecule has 1 amide bonds. The number of rotatable bonds is 2. The second-order valence-corrected chi connectivity index (χ2v) is 6.47. The highest BCUT2D eigenvalue weighted by atomic mass is 16.6. The highest BCUT2D eigenvalue weighted by molar-refractivity contribution is 5.69. The Kier molecular flexibility index (Phi) is 3.95. The third kappa shape index (κ3) is 3.18. The predicted molar refractivity (Wildman–Crippen MR) is 77.9 cm³/mol. The molecule has 0 atom stereocenters. The van der Waals surface area contributed by atoms with E-state index in [4.69, 9.17) is 10.00 Å². The summed E-state index contributed by atoms with van der Waals surface area (Å²) in [5.41, 5.74) is 2.43. The van der Waals surface area contributed by atoms with E-state index in [1.807, 2.05) is 39.3 Å². The van der Waals surface area contributed by atoms with Crippen LogP contribution >= 0.6 is 0 Å². The van der Waals surface area contributed by atoms with E-state index < -0.39 is 5.60 Å². The van der Waals surface area contributed by atoms with Crippen molar-refractivity contribution in [1.29, 1.82) is 5.26 Å². The number of ether oxygens (including phenoxy) is 1. The van der Waals surface area contributed by atoms with Crippen molar-refractivity contribution < 1.29 is 9.53 Å². The van der Waals surface area contributed by atoms with Gasteiger partial charge in [-0.3, -0.25) is 4.68 Å².